The molecule has 1 N–H and O–H groups in total. The monoisotopic (exact) mass is 394 g/mol. The number of sulfone groups is 1. The number of carbonyl (C=O) groups excluding carboxylic acids is 1. The number of hydrogen-bond acceptors (Lipinski definition) is 6. The van der Waals surface area contributed by atoms with Crippen LogP contribution in [0.25, 0.3) is 0 Å². The largest absolute Gasteiger partial charge is 0.356 e. The maximum absolute atomic E-state index is 12.3. The van der Waals surface area contributed by atoms with Crippen molar-refractivity contribution >= 4 is 33.2 Å². The van der Waals surface area contributed by atoms with E-state index in [-0.39, 0.29) is 29.1 Å². The molecule has 9 heteroatoms. The molecule has 1 aromatic carbocycles. The molecule has 1 aliphatic rings. The summed E-state index contributed by atoms with van der Waals surface area (Å²) in [6, 6.07) is 8.62. The van der Waals surface area contributed by atoms with Gasteiger partial charge in [0.2, 0.25) is 0 Å². The first-order valence-electron chi connectivity index (χ1n) is 8.12. The van der Waals surface area contributed by atoms with E-state index in [1.807, 2.05) is 12.1 Å². The van der Waals surface area contributed by atoms with Crippen molar-refractivity contribution in [3.05, 3.63) is 52.9 Å². The van der Waals surface area contributed by atoms with E-state index in [0.717, 1.165) is 5.56 Å². The van der Waals surface area contributed by atoms with Gasteiger partial charge in [-0.15, -0.1) is 0 Å². The number of nitrogens with one attached hydrogen (secondary N) is 1. The third kappa shape index (κ3) is 4.50. The molecule has 1 unspecified atom stereocenters. The average Bonchev–Trinajstić information content (AvgIpc) is 3.00. The minimum absolute atomic E-state index is 0.103. The second-order valence-corrected chi connectivity index (χ2v) is 8.90. The van der Waals surface area contributed by atoms with Gasteiger partial charge in [0.25, 0.3) is 5.91 Å². The van der Waals surface area contributed by atoms with Gasteiger partial charge in [0.1, 0.15) is 17.8 Å². The molecule has 2 aromatic rings. The Balaban J connectivity index is 1.66. The van der Waals surface area contributed by atoms with Crippen LogP contribution in [-0.2, 0) is 16.4 Å². The topological polar surface area (TPSA) is 92.3 Å². The fourth-order valence-corrected chi connectivity index (χ4v) is 4.71. The van der Waals surface area contributed by atoms with Crippen LogP contribution in [0.4, 0.5) is 5.82 Å². The van der Waals surface area contributed by atoms with E-state index in [9.17, 15) is 13.2 Å². The molecule has 1 fully saturated rings. The third-order valence-electron chi connectivity index (χ3n) is 4.37. The van der Waals surface area contributed by atoms with Crippen LogP contribution in [0.1, 0.15) is 22.5 Å². The fraction of sp³-hybridized carbons (Fsp3) is 0.353. The summed E-state index contributed by atoms with van der Waals surface area (Å²) in [4.78, 5) is 22.3. The molecule has 0 radical (unpaired) electrons. The second kappa shape index (κ2) is 7.59. The van der Waals surface area contributed by atoms with Crippen molar-refractivity contribution in [3.63, 3.8) is 0 Å². The number of benzene rings is 1. The van der Waals surface area contributed by atoms with Gasteiger partial charge >= 0.3 is 0 Å². The molecule has 2 heterocycles. The number of rotatable bonds is 5. The average molecular weight is 395 g/mol. The second-order valence-electron chi connectivity index (χ2n) is 6.24. The molecule has 0 spiro atoms. The predicted molar refractivity (Wildman–Crippen MR) is 100 cm³/mol. The Morgan fingerprint density at radius 1 is 1.31 bits per heavy atom. The van der Waals surface area contributed by atoms with Crippen LogP contribution in [-0.4, -0.2) is 48.9 Å². The Kier molecular flexibility index (Phi) is 5.43. The van der Waals surface area contributed by atoms with Crippen LogP contribution < -0.4 is 10.2 Å². The molecule has 0 bridgehead atoms. The molecule has 138 valence electrons. The third-order valence-corrected chi connectivity index (χ3v) is 6.37. The minimum atomic E-state index is -2.99. The highest BCUT2D eigenvalue weighted by molar-refractivity contribution is 7.91. The summed E-state index contributed by atoms with van der Waals surface area (Å²) in [6.45, 7) is 0.353. The van der Waals surface area contributed by atoms with Crippen molar-refractivity contribution in [2.24, 2.45) is 0 Å². The van der Waals surface area contributed by atoms with Gasteiger partial charge in [0, 0.05) is 30.7 Å². The molecule has 0 aliphatic carbocycles. The summed E-state index contributed by atoms with van der Waals surface area (Å²) in [6.07, 6.45) is 1.87. The molecular weight excluding hydrogens is 376 g/mol. The lowest BCUT2D eigenvalue weighted by Gasteiger charge is -2.24. The Morgan fingerprint density at radius 2 is 2.04 bits per heavy atom. The highest BCUT2D eigenvalue weighted by atomic mass is 35.5. The van der Waals surface area contributed by atoms with Gasteiger partial charge in [-0.05, 0) is 24.1 Å². The Hall–Kier alpha value is -2.19. The van der Waals surface area contributed by atoms with Crippen LogP contribution >= 0.6 is 11.6 Å². The number of aromatic nitrogens is 2. The normalized spacial score (nSPS) is 18.5. The van der Waals surface area contributed by atoms with E-state index in [4.69, 9.17) is 11.6 Å². The van der Waals surface area contributed by atoms with E-state index in [1.54, 1.807) is 30.1 Å². The summed E-state index contributed by atoms with van der Waals surface area (Å²) in [5.41, 5.74) is 1.15. The number of amides is 1. The van der Waals surface area contributed by atoms with Gasteiger partial charge in [0.15, 0.2) is 9.84 Å². The van der Waals surface area contributed by atoms with Crippen molar-refractivity contribution in [2.75, 3.05) is 23.5 Å². The van der Waals surface area contributed by atoms with Crippen LogP contribution in [0.5, 0.6) is 0 Å². The van der Waals surface area contributed by atoms with Gasteiger partial charge in [-0.25, -0.2) is 18.4 Å². The number of hydrogen-bond donors (Lipinski definition) is 1. The lowest BCUT2D eigenvalue weighted by Crippen LogP contribution is -2.33. The van der Waals surface area contributed by atoms with E-state index < -0.39 is 9.84 Å². The molecule has 1 aromatic heterocycles. The summed E-state index contributed by atoms with van der Waals surface area (Å²) in [5, 5.41) is 3.43. The first kappa shape index (κ1) is 18.6. The summed E-state index contributed by atoms with van der Waals surface area (Å²) in [7, 11) is -1.21. The molecule has 1 saturated heterocycles. The van der Waals surface area contributed by atoms with E-state index in [1.165, 1.54) is 6.33 Å². The fourth-order valence-electron chi connectivity index (χ4n) is 2.81. The zero-order valence-corrected chi connectivity index (χ0v) is 15.8. The van der Waals surface area contributed by atoms with Gasteiger partial charge in [-0.2, -0.15) is 0 Å². The van der Waals surface area contributed by atoms with Gasteiger partial charge in [0.05, 0.1) is 11.5 Å². The number of carbonyl (C=O) groups is 1. The zero-order chi connectivity index (χ0) is 18.7. The molecule has 1 amide bonds. The molecule has 0 saturated carbocycles. The Bertz CT molecular complexity index is 902. The van der Waals surface area contributed by atoms with Gasteiger partial charge < -0.3 is 10.2 Å². The highest BCUT2D eigenvalue weighted by Crippen LogP contribution is 2.21. The SMILES string of the molecule is CN(c1cc(C(=O)NCc2ccc(Cl)cc2)ncn1)C1CCS(=O)(=O)C1. The number of nitrogens with zero attached hydrogens (tertiary/aromatic N) is 3. The molecule has 1 aliphatic heterocycles. The van der Waals surface area contributed by atoms with E-state index in [0.29, 0.717) is 23.8 Å². The molecule has 7 nitrogen and oxygen atoms in total. The van der Waals surface area contributed by atoms with Crippen LogP contribution in [0, 0.1) is 0 Å². The number of halogens is 1. The van der Waals surface area contributed by atoms with Crippen molar-refractivity contribution in [3.8, 4) is 0 Å². The summed E-state index contributed by atoms with van der Waals surface area (Å²) >= 11 is 5.84. The van der Waals surface area contributed by atoms with Crippen molar-refractivity contribution in [1.82, 2.24) is 15.3 Å². The first-order chi connectivity index (χ1) is 12.3. The number of anilines is 1. The molecule has 26 heavy (non-hydrogen) atoms. The van der Waals surface area contributed by atoms with E-state index >= 15 is 0 Å². The van der Waals surface area contributed by atoms with Crippen molar-refractivity contribution in [1.29, 1.82) is 0 Å². The summed E-state index contributed by atoms with van der Waals surface area (Å²) in [5.74, 6) is 0.488. The maximum Gasteiger partial charge on any atom is 0.270 e. The van der Waals surface area contributed by atoms with E-state index in [2.05, 4.69) is 15.3 Å². The standard InChI is InChI=1S/C17H19ClN4O3S/c1-22(14-6-7-26(24,25)10-14)16-8-15(20-11-21-16)17(23)19-9-12-2-4-13(18)5-3-12/h2-5,8,11,14H,6-7,9-10H2,1H3,(H,19,23). The molecular formula is C17H19ClN4O3S. The lowest BCUT2D eigenvalue weighted by atomic mass is 10.2. The first-order valence-corrected chi connectivity index (χ1v) is 10.3. The Labute approximate surface area is 157 Å². The minimum Gasteiger partial charge on any atom is -0.356 e. The van der Waals surface area contributed by atoms with Crippen molar-refractivity contribution in [2.45, 2.75) is 19.0 Å². The predicted octanol–water partition coefficient (Wildman–Crippen LogP) is 1.68. The summed E-state index contributed by atoms with van der Waals surface area (Å²) < 4.78 is 23.3. The lowest BCUT2D eigenvalue weighted by molar-refractivity contribution is 0.0945. The zero-order valence-electron chi connectivity index (χ0n) is 14.2. The van der Waals surface area contributed by atoms with Crippen molar-refractivity contribution < 1.29 is 13.2 Å². The van der Waals surface area contributed by atoms with Crippen LogP contribution in [0.3, 0.4) is 0 Å². The highest BCUT2D eigenvalue weighted by Gasteiger charge is 2.31. The maximum atomic E-state index is 12.3. The Morgan fingerprint density at radius 3 is 2.69 bits per heavy atom. The van der Waals surface area contributed by atoms with Gasteiger partial charge in [-0.3, -0.25) is 4.79 Å². The van der Waals surface area contributed by atoms with Gasteiger partial charge in [-0.1, -0.05) is 23.7 Å². The van der Waals surface area contributed by atoms with Crippen LogP contribution in [0.15, 0.2) is 36.7 Å². The van der Waals surface area contributed by atoms with Crippen LogP contribution in [0.2, 0.25) is 5.02 Å². The smallest absolute Gasteiger partial charge is 0.270 e. The molecule has 3 rings (SSSR count). The quantitative estimate of drug-likeness (QED) is 0.829. The molecule has 1 atom stereocenters.